The van der Waals surface area contributed by atoms with Crippen LogP contribution in [0.25, 0.3) is 16.7 Å². The first-order valence-electron chi connectivity index (χ1n) is 9.28. The summed E-state index contributed by atoms with van der Waals surface area (Å²) in [6.45, 7) is 1.89. The van der Waals surface area contributed by atoms with Gasteiger partial charge in [0.2, 0.25) is 0 Å². The quantitative estimate of drug-likeness (QED) is 0.548. The van der Waals surface area contributed by atoms with E-state index in [2.05, 4.69) is 15.1 Å². The van der Waals surface area contributed by atoms with Crippen LogP contribution in [-0.4, -0.2) is 74.5 Å². The molecule has 1 fully saturated rings. The summed E-state index contributed by atoms with van der Waals surface area (Å²) >= 11 is 0. The summed E-state index contributed by atoms with van der Waals surface area (Å²) in [5.74, 6) is 1.14. The van der Waals surface area contributed by atoms with Crippen LogP contribution in [0.3, 0.4) is 0 Å². The fourth-order valence-corrected chi connectivity index (χ4v) is 4.23. The van der Waals surface area contributed by atoms with Gasteiger partial charge < -0.3 is 9.64 Å². The van der Waals surface area contributed by atoms with E-state index in [0.717, 1.165) is 17.5 Å². The highest BCUT2D eigenvalue weighted by atomic mass is 32.2. The molecule has 0 N–H and O–H groups in total. The topological polar surface area (TPSA) is 93.5 Å². The largest absolute Gasteiger partial charge is 0.385 e. The lowest BCUT2D eigenvalue weighted by atomic mass is 10.3. The molecule has 3 aromatic heterocycles. The van der Waals surface area contributed by atoms with Crippen LogP contribution < -0.4 is 4.90 Å². The van der Waals surface area contributed by atoms with Crippen LogP contribution in [-0.2, 0) is 15.5 Å². The van der Waals surface area contributed by atoms with Crippen molar-refractivity contribution in [1.82, 2.24) is 24.6 Å². The Morgan fingerprint density at radius 3 is 2.72 bits per heavy atom. The van der Waals surface area contributed by atoms with E-state index in [4.69, 9.17) is 4.74 Å². The lowest BCUT2D eigenvalue weighted by Crippen LogP contribution is -2.29. The standard InChI is InChI=1S/C19H22N6O3S/c1-23-6-7-24(19(23)26)17-5-4-15(12-20-17)25-18-14(11-22-25)10-16(13-21-18)29(27)9-3-8-28-2/h4-5,10-13H,3,6-9H2,1-2H3/t29-/m0/s1. The van der Waals surface area contributed by atoms with Crippen LogP contribution in [0.5, 0.6) is 0 Å². The number of ether oxygens (including phenoxy) is 1. The van der Waals surface area contributed by atoms with Gasteiger partial charge in [0, 0.05) is 51.2 Å². The fourth-order valence-electron chi connectivity index (χ4n) is 3.19. The highest BCUT2D eigenvalue weighted by Crippen LogP contribution is 2.22. The third-order valence-electron chi connectivity index (χ3n) is 4.79. The average molecular weight is 414 g/mol. The number of carbonyl (C=O) groups excluding carboxylic acids is 1. The summed E-state index contributed by atoms with van der Waals surface area (Å²) in [5, 5.41) is 5.21. The number of methoxy groups -OCH3 is 1. The van der Waals surface area contributed by atoms with E-state index in [1.165, 1.54) is 0 Å². The van der Waals surface area contributed by atoms with Gasteiger partial charge in [-0.15, -0.1) is 0 Å². The van der Waals surface area contributed by atoms with Gasteiger partial charge in [0.25, 0.3) is 0 Å². The number of urea groups is 1. The molecular formula is C19H22N6O3S. The van der Waals surface area contributed by atoms with Gasteiger partial charge in [0.1, 0.15) is 5.82 Å². The zero-order valence-corrected chi connectivity index (χ0v) is 17.1. The van der Waals surface area contributed by atoms with Gasteiger partial charge in [0.05, 0.1) is 33.8 Å². The Kier molecular flexibility index (Phi) is 5.54. The van der Waals surface area contributed by atoms with Crippen molar-refractivity contribution in [2.75, 3.05) is 44.5 Å². The number of pyridine rings is 2. The maximum absolute atomic E-state index is 12.4. The average Bonchev–Trinajstić information content (AvgIpc) is 3.31. The van der Waals surface area contributed by atoms with Crippen molar-refractivity contribution in [2.24, 2.45) is 0 Å². The summed E-state index contributed by atoms with van der Waals surface area (Å²) in [4.78, 5) is 25.0. The van der Waals surface area contributed by atoms with Crippen molar-refractivity contribution in [1.29, 1.82) is 0 Å². The Balaban J connectivity index is 1.55. The number of aromatic nitrogens is 4. The lowest BCUT2D eigenvalue weighted by Gasteiger charge is -2.15. The Bertz CT molecular complexity index is 1050. The zero-order valence-electron chi connectivity index (χ0n) is 16.3. The van der Waals surface area contributed by atoms with Gasteiger partial charge in [-0.3, -0.25) is 9.11 Å². The number of amides is 2. The molecular weight excluding hydrogens is 392 g/mol. The summed E-state index contributed by atoms with van der Waals surface area (Å²) in [6.07, 6.45) is 5.73. The molecule has 0 saturated carbocycles. The molecule has 1 aliphatic heterocycles. The monoisotopic (exact) mass is 414 g/mol. The molecule has 0 bridgehead atoms. The predicted molar refractivity (Wildman–Crippen MR) is 110 cm³/mol. The molecule has 4 rings (SSSR count). The first-order valence-corrected chi connectivity index (χ1v) is 10.6. The maximum Gasteiger partial charge on any atom is 0.325 e. The van der Waals surface area contributed by atoms with E-state index in [9.17, 15) is 9.00 Å². The van der Waals surface area contributed by atoms with Crippen molar-refractivity contribution < 1.29 is 13.7 Å². The maximum atomic E-state index is 12.4. The Hall–Kier alpha value is -2.85. The summed E-state index contributed by atoms with van der Waals surface area (Å²) < 4.78 is 19.1. The molecule has 0 aliphatic carbocycles. The predicted octanol–water partition coefficient (Wildman–Crippen LogP) is 1.83. The molecule has 1 saturated heterocycles. The molecule has 0 radical (unpaired) electrons. The van der Waals surface area contributed by atoms with Crippen molar-refractivity contribution in [2.45, 2.75) is 11.3 Å². The number of anilines is 1. The van der Waals surface area contributed by atoms with Crippen LogP contribution in [0.15, 0.2) is 41.7 Å². The van der Waals surface area contributed by atoms with Crippen molar-refractivity contribution >= 4 is 33.7 Å². The van der Waals surface area contributed by atoms with Crippen molar-refractivity contribution in [3.05, 3.63) is 36.8 Å². The van der Waals surface area contributed by atoms with E-state index in [-0.39, 0.29) is 6.03 Å². The molecule has 4 heterocycles. The van der Waals surface area contributed by atoms with Crippen LogP contribution in [0.4, 0.5) is 10.6 Å². The molecule has 0 unspecified atom stereocenters. The van der Waals surface area contributed by atoms with E-state index in [0.29, 0.717) is 41.8 Å². The highest BCUT2D eigenvalue weighted by molar-refractivity contribution is 7.85. The molecule has 0 spiro atoms. The molecule has 29 heavy (non-hydrogen) atoms. The third-order valence-corrected chi connectivity index (χ3v) is 6.20. The van der Waals surface area contributed by atoms with Crippen LogP contribution in [0.2, 0.25) is 0 Å². The van der Waals surface area contributed by atoms with E-state index in [1.54, 1.807) is 53.3 Å². The van der Waals surface area contributed by atoms with Gasteiger partial charge in [-0.1, -0.05) is 0 Å². The summed E-state index contributed by atoms with van der Waals surface area (Å²) in [6, 6.07) is 5.47. The number of nitrogens with zero attached hydrogens (tertiary/aromatic N) is 6. The molecule has 9 nitrogen and oxygen atoms in total. The van der Waals surface area contributed by atoms with E-state index < -0.39 is 10.8 Å². The number of likely N-dealkylation sites (N-methyl/N-ethyl adjacent to an activating group) is 1. The molecule has 0 aromatic carbocycles. The fraction of sp³-hybridized carbons (Fsp3) is 0.368. The number of hydrogen-bond donors (Lipinski definition) is 0. The second-order valence-corrected chi connectivity index (χ2v) is 8.34. The summed E-state index contributed by atoms with van der Waals surface area (Å²) in [7, 11) is 2.29. The molecule has 1 aliphatic rings. The third kappa shape index (κ3) is 3.85. The minimum absolute atomic E-state index is 0.0533. The van der Waals surface area contributed by atoms with Gasteiger partial charge in [-0.25, -0.2) is 19.4 Å². The number of rotatable bonds is 7. The SMILES string of the molecule is COCCC[S@](=O)c1cnc2c(cnn2-c2ccc(N3CCN(C)C3=O)nc2)c1. The Labute approximate surface area is 170 Å². The summed E-state index contributed by atoms with van der Waals surface area (Å²) in [5.41, 5.74) is 1.40. The Morgan fingerprint density at radius 2 is 2.03 bits per heavy atom. The molecule has 152 valence electrons. The van der Waals surface area contributed by atoms with Gasteiger partial charge >= 0.3 is 6.03 Å². The lowest BCUT2D eigenvalue weighted by molar-refractivity contribution is 0.200. The zero-order chi connectivity index (χ0) is 20.4. The smallest absolute Gasteiger partial charge is 0.325 e. The highest BCUT2D eigenvalue weighted by Gasteiger charge is 2.27. The normalized spacial score (nSPS) is 15.4. The Morgan fingerprint density at radius 1 is 1.17 bits per heavy atom. The number of hydrogen-bond acceptors (Lipinski definition) is 6. The van der Waals surface area contributed by atoms with Gasteiger partial charge in [-0.05, 0) is 24.6 Å². The van der Waals surface area contributed by atoms with E-state index >= 15 is 0 Å². The van der Waals surface area contributed by atoms with Crippen LogP contribution >= 0.6 is 0 Å². The van der Waals surface area contributed by atoms with Crippen LogP contribution in [0.1, 0.15) is 6.42 Å². The molecule has 1 atom stereocenters. The van der Waals surface area contributed by atoms with Crippen molar-refractivity contribution in [3.63, 3.8) is 0 Å². The number of fused-ring (bicyclic) bond motifs is 1. The number of carbonyl (C=O) groups is 1. The first-order chi connectivity index (χ1) is 14.1. The molecule has 10 heteroatoms. The minimum atomic E-state index is -1.12. The second-order valence-electron chi connectivity index (χ2n) is 6.77. The van der Waals surface area contributed by atoms with Gasteiger partial charge in [-0.2, -0.15) is 5.10 Å². The molecule has 3 aromatic rings. The second kappa shape index (κ2) is 8.26. The first kappa shape index (κ1) is 19.5. The van der Waals surface area contributed by atoms with Gasteiger partial charge in [0.15, 0.2) is 5.65 Å². The molecule has 2 amide bonds. The van der Waals surface area contributed by atoms with E-state index in [1.807, 2.05) is 12.1 Å². The van der Waals surface area contributed by atoms with Crippen LogP contribution in [0, 0.1) is 0 Å². The minimum Gasteiger partial charge on any atom is -0.385 e. The van der Waals surface area contributed by atoms with Crippen molar-refractivity contribution in [3.8, 4) is 5.69 Å².